The van der Waals surface area contributed by atoms with Gasteiger partial charge in [-0.15, -0.1) is 0 Å². The number of piperidine rings is 1. The summed E-state index contributed by atoms with van der Waals surface area (Å²) in [4.78, 5) is 9.10. The van der Waals surface area contributed by atoms with Crippen molar-refractivity contribution in [3.8, 4) is 5.88 Å². The van der Waals surface area contributed by atoms with Crippen LogP contribution in [0.25, 0.3) is 10.9 Å². The molecule has 1 saturated heterocycles. The molecule has 0 spiro atoms. The van der Waals surface area contributed by atoms with E-state index in [4.69, 9.17) is 0 Å². The molecule has 0 bridgehead atoms. The van der Waals surface area contributed by atoms with Crippen LogP contribution in [0.4, 0.5) is 28.9 Å². The van der Waals surface area contributed by atoms with Gasteiger partial charge in [-0.1, -0.05) is 12.5 Å². The number of aliphatic imine (C=N–C) groups is 1. The molecular weight excluding hydrogens is 448 g/mol. The Morgan fingerprint density at radius 2 is 2.06 bits per heavy atom. The van der Waals surface area contributed by atoms with E-state index in [2.05, 4.69) is 27.1 Å². The SMILES string of the molecule is CC1CCCCN1CCCNc1ccc(N=Cc2c(O)[nH]c3cccc(F)c23)cc1C(F)(F)F. The van der Waals surface area contributed by atoms with Gasteiger partial charge >= 0.3 is 6.18 Å². The summed E-state index contributed by atoms with van der Waals surface area (Å²) in [7, 11) is 0. The van der Waals surface area contributed by atoms with Crippen LogP contribution >= 0.6 is 0 Å². The molecule has 9 heteroatoms. The number of nitrogens with zero attached hydrogens (tertiary/aromatic N) is 2. The van der Waals surface area contributed by atoms with Crippen molar-refractivity contribution in [2.24, 2.45) is 4.99 Å². The minimum atomic E-state index is -4.57. The Bertz CT molecular complexity index is 1170. The van der Waals surface area contributed by atoms with Crippen molar-refractivity contribution in [3.63, 3.8) is 0 Å². The molecule has 1 aromatic heterocycles. The molecule has 1 fully saturated rings. The zero-order chi connectivity index (χ0) is 24.3. The Hall–Kier alpha value is -3.07. The van der Waals surface area contributed by atoms with Gasteiger partial charge in [-0.2, -0.15) is 13.2 Å². The van der Waals surface area contributed by atoms with Crippen molar-refractivity contribution in [3.05, 3.63) is 53.3 Å². The number of anilines is 1. The molecule has 0 aliphatic carbocycles. The molecule has 2 heterocycles. The van der Waals surface area contributed by atoms with Gasteiger partial charge in [-0.25, -0.2) is 4.39 Å². The molecule has 5 nitrogen and oxygen atoms in total. The van der Waals surface area contributed by atoms with Crippen molar-refractivity contribution in [1.29, 1.82) is 0 Å². The maximum Gasteiger partial charge on any atom is 0.418 e. The summed E-state index contributed by atoms with van der Waals surface area (Å²) >= 11 is 0. The first-order chi connectivity index (χ1) is 16.2. The molecular formula is C25H28F4N4O. The lowest BCUT2D eigenvalue weighted by Crippen LogP contribution is -2.38. The average molecular weight is 477 g/mol. The smallest absolute Gasteiger partial charge is 0.418 e. The number of hydrogen-bond acceptors (Lipinski definition) is 4. The average Bonchev–Trinajstić information content (AvgIpc) is 3.12. The largest absolute Gasteiger partial charge is 0.494 e. The van der Waals surface area contributed by atoms with Crippen LogP contribution in [-0.2, 0) is 6.18 Å². The number of aromatic nitrogens is 1. The van der Waals surface area contributed by atoms with Gasteiger partial charge in [-0.3, -0.25) is 4.99 Å². The number of alkyl halides is 3. The molecule has 2 aromatic carbocycles. The molecule has 0 radical (unpaired) electrons. The lowest BCUT2D eigenvalue weighted by molar-refractivity contribution is -0.136. The highest BCUT2D eigenvalue weighted by atomic mass is 19.4. The van der Waals surface area contributed by atoms with Crippen molar-refractivity contribution >= 4 is 28.5 Å². The van der Waals surface area contributed by atoms with E-state index in [9.17, 15) is 22.7 Å². The van der Waals surface area contributed by atoms with Gasteiger partial charge in [0.15, 0.2) is 5.88 Å². The summed E-state index contributed by atoms with van der Waals surface area (Å²) < 4.78 is 55.4. The van der Waals surface area contributed by atoms with Crippen LogP contribution < -0.4 is 5.32 Å². The van der Waals surface area contributed by atoms with Gasteiger partial charge in [0.1, 0.15) is 5.82 Å². The van der Waals surface area contributed by atoms with Crippen LogP contribution in [0.5, 0.6) is 5.88 Å². The molecule has 182 valence electrons. The number of halogens is 4. The van der Waals surface area contributed by atoms with Crippen LogP contribution in [0.2, 0.25) is 0 Å². The van der Waals surface area contributed by atoms with Crippen molar-refractivity contribution in [2.45, 2.75) is 44.8 Å². The second kappa shape index (κ2) is 10.0. The predicted octanol–water partition coefficient (Wildman–Crippen LogP) is 6.46. The third-order valence-electron chi connectivity index (χ3n) is 6.32. The number of benzene rings is 2. The van der Waals surface area contributed by atoms with Gasteiger partial charge in [0.05, 0.1) is 22.3 Å². The van der Waals surface area contributed by atoms with Crippen molar-refractivity contribution in [2.75, 3.05) is 25.0 Å². The summed E-state index contributed by atoms with van der Waals surface area (Å²) in [5.74, 6) is -0.869. The fraction of sp³-hybridized carbons (Fsp3) is 0.400. The number of rotatable bonds is 7. The van der Waals surface area contributed by atoms with E-state index in [0.717, 1.165) is 32.0 Å². The van der Waals surface area contributed by atoms with Crippen molar-refractivity contribution < 1.29 is 22.7 Å². The quantitative estimate of drug-likeness (QED) is 0.208. The first-order valence-electron chi connectivity index (χ1n) is 11.5. The van der Waals surface area contributed by atoms with Crippen molar-refractivity contribution in [1.82, 2.24) is 9.88 Å². The molecule has 1 atom stereocenters. The second-order valence-electron chi connectivity index (χ2n) is 8.70. The molecule has 3 aromatic rings. The molecule has 1 aliphatic heterocycles. The van der Waals surface area contributed by atoms with Gasteiger partial charge < -0.3 is 20.3 Å². The van der Waals surface area contributed by atoms with Gasteiger partial charge in [0.25, 0.3) is 0 Å². The van der Waals surface area contributed by atoms with Gasteiger partial charge in [0.2, 0.25) is 0 Å². The number of aromatic amines is 1. The fourth-order valence-electron chi connectivity index (χ4n) is 4.48. The zero-order valence-corrected chi connectivity index (χ0v) is 18.9. The summed E-state index contributed by atoms with van der Waals surface area (Å²) in [6, 6.07) is 8.60. The Labute approximate surface area is 195 Å². The lowest BCUT2D eigenvalue weighted by Gasteiger charge is -2.33. The number of hydrogen-bond donors (Lipinski definition) is 3. The number of fused-ring (bicyclic) bond motifs is 1. The third-order valence-corrected chi connectivity index (χ3v) is 6.32. The molecule has 1 unspecified atom stereocenters. The van der Waals surface area contributed by atoms with E-state index in [0.29, 0.717) is 18.1 Å². The standard InChI is InChI=1S/C25H28F4N4O/c1-16-6-2-3-12-33(16)13-5-11-30-21-10-9-17(14-19(21)25(27,28)29)31-15-18-23-20(26)7-4-8-22(23)32-24(18)34/h4,7-10,14-16,30,32,34H,2-3,5-6,11-13H2,1H3. The van der Waals surface area contributed by atoms with Gasteiger partial charge in [-0.05, 0) is 63.1 Å². The lowest BCUT2D eigenvalue weighted by atomic mass is 10.0. The van der Waals surface area contributed by atoms with E-state index in [1.165, 1.54) is 43.3 Å². The molecule has 4 rings (SSSR count). The molecule has 1 aliphatic rings. The van der Waals surface area contributed by atoms with Crippen LogP contribution in [0.1, 0.15) is 43.7 Å². The minimum absolute atomic E-state index is 0.000807. The Morgan fingerprint density at radius 3 is 2.82 bits per heavy atom. The van der Waals surface area contributed by atoms with E-state index < -0.39 is 17.6 Å². The topological polar surface area (TPSA) is 63.6 Å². The fourth-order valence-corrected chi connectivity index (χ4v) is 4.48. The predicted molar refractivity (Wildman–Crippen MR) is 127 cm³/mol. The van der Waals surface area contributed by atoms with Crippen LogP contribution in [0.3, 0.4) is 0 Å². The van der Waals surface area contributed by atoms with E-state index >= 15 is 0 Å². The Balaban J connectivity index is 1.48. The first-order valence-corrected chi connectivity index (χ1v) is 11.5. The molecule has 3 N–H and O–H groups in total. The van der Waals surface area contributed by atoms with E-state index in [1.54, 1.807) is 6.07 Å². The second-order valence-corrected chi connectivity index (χ2v) is 8.70. The van der Waals surface area contributed by atoms with Crippen LogP contribution in [0, 0.1) is 5.82 Å². The highest BCUT2D eigenvalue weighted by Crippen LogP contribution is 2.37. The zero-order valence-electron chi connectivity index (χ0n) is 18.9. The van der Waals surface area contributed by atoms with E-state index in [-0.39, 0.29) is 28.2 Å². The summed E-state index contributed by atoms with van der Waals surface area (Å²) in [5.41, 5.74) is -0.323. The Kier molecular flexibility index (Phi) is 7.11. The molecule has 0 amide bonds. The Morgan fingerprint density at radius 1 is 1.24 bits per heavy atom. The summed E-state index contributed by atoms with van der Waals surface area (Å²) in [6.45, 7) is 4.51. The third kappa shape index (κ3) is 5.35. The van der Waals surface area contributed by atoms with Crippen LogP contribution in [-0.4, -0.2) is 46.9 Å². The minimum Gasteiger partial charge on any atom is -0.494 e. The summed E-state index contributed by atoms with van der Waals surface area (Å²) in [6.07, 6.45) is 0.906. The maximum atomic E-state index is 14.2. The highest BCUT2D eigenvalue weighted by molar-refractivity contribution is 6.02. The van der Waals surface area contributed by atoms with E-state index in [1.807, 2.05) is 0 Å². The maximum absolute atomic E-state index is 14.2. The summed E-state index contributed by atoms with van der Waals surface area (Å²) in [5, 5.41) is 13.1. The number of aromatic hydroxyl groups is 1. The monoisotopic (exact) mass is 476 g/mol. The first kappa shape index (κ1) is 24.1. The normalized spacial score (nSPS) is 17.6. The van der Waals surface area contributed by atoms with Crippen LogP contribution in [0.15, 0.2) is 41.4 Å². The highest BCUT2D eigenvalue weighted by Gasteiger charge is 2.34. The number of nitrogens with one attached hydrogen (secondary N) is 2. The number of likely N-dealkylation sites (tertiary alicyclic amines) is 1. The molecule has 0 saturated carbocycles. The number of H-pyrrole nitrogens is 1. The molecule has 34 heavy (non-hydrogen) atoms. The van der Waals surface area contributed by atoms with Gasteiger partial charge in [0, 0.05) is 36.4 Å².